The molecule has 0 aliphatic heterocycles. The second-order valence-corrected chi connectivity index (χ2v) is 9.19. The number of hydrogen-bond donors (Lipinski definition) is 1. The fourth-order valence-electron chi connectivity index (χ4n) is 2.43. The van der Waals surface area contributed by atoms with Crippen molar-refractivity contribution in [1.82, 2.24) is 5.32 Å². The molecule has 1 aromatic carbocycles. The van der Waals surface area contributed by atoms with Crippen LogP contribution in [0.15, 0.2) is 41.8 Å². The van der Waals surface area contributed by atoms with Gasteiger partial charge in [0, 0.05) is 4.88 Å². The number of nitrogens with one attached hydrogen (secondary N) is 1. The SMILES string of the molecule is CC(C)[C@@H](NC(=O)CS(=O)(=O)Cc1ccc(C#N)cc1)c1cccs1. The minimum absolute atomic E-state index is 0.156. The van der Waals surface area contributed by atoms with Gasteiger partial charge in [-0.05, 0) is 35.1 Å². The summed E-state index contributed by atoms with van der Waals surface area (Å²) in [5.74, 6) is -1.12. The number of rotatable bonds is 7. The van der Waals surface area contributed by atoms with Crippen LogP contribution < -0.4 is 5.32 Å². The summed E-state index contributed by atoms with van der Waals surface area (Å²) in [7, 11) is -3.59. The maximum Gasteiger partial charge on any atom is 0.235 e. The van der Waals surface area contributed by atoms with E-state index in [2.05, 4.69) is 5.32 Å². The van der Waals surface area contributed by atoms with Crippen LogP contribution in [-0.2, 0) is 20.4 Å². The first-order valence-electron chi connectivity index (χ1n) is 7.83. The Balaban J connectivity index is 2.01. The van der Waals surface area contributed by atoms with Gasteiger partial charge in [-0.1, -0.05) is 32.0 Å². The average Bonchev–Trinajstić information content (AvgIpc) is 3.06. The minimum atomic E-state index is -3.59. The molecular weight excluding hydrogens is 356 g/mol. The Morgan fingerprint density at radius 3 is 2.44 bits per heavy atom. The zero-order valence-corrected chi connectivity index (χ0v) is 15.7. The van der Waals surface area contributed by atoms with E-state index >= 15 is 0 Å². The molecule has 2 aromatic rings. The van der Waals surface area contributed by atoms with E-state index in [0.717, 1.165) is 4.88 Å². The maximum absolute atomic E-state index is 12.3. The average molecular weight is 377 g/mol. The van der Waals surface area contributed by atoms with Crippen molar-refractivity contribution in [3.8, 4) is 6.07 Å². The zero-order chi connectivity index (χ0) is 18.4. The second kappa shape index (κ2) is 8.28. The lowest BCUT2D eigenvalue weighted by molar-refractivity contribution is -0.119. The smallest absolute Gasteiger partial charge is 0.235 e. The Kier molecular flexibility index (Phi) is 6.34. The van der Waals surface area contributed by atoms with Crippen LogP contribution in [0.5, 0.6) is 0 Å². The van der Waals surface area contributed by atoms with Gasteiger partial charge in [0.05, 0.1) is 23.4 Å². The fourth-order valence-corrected chi connectivity index (χ4v) is 4.66. The highest BCUT2D eigenvalue weighted by Gasteiger charge is 2.23. The standard InChI is InChI=1S/C18H20N2O3S2/c1-13(2)18(16-4-3-9-24-16)20-17(21)12-25(22,23)11-15-7-5-14(10-19)6-8-15/h3-9,13,18H,11-12H2,1-2H3,(H,20,21)/t18-/m1/s1. The lowest BCUT2D eigenvalue weighted by Gasteiger charge is -2.21. The Bertz CT molecular complexity index is 849. The quantitative estimate of drug-likeness (QED) is 0.804. The number of carbonyl (C=O) groups excluding carboxylic acids is 1. The fraction of sp³-hybridized carbons (Fsp3) is 0.333. The van der Waals surface area contributed by atoms with Crippen LogP contribution in [0.4, 0.5) is 0 Å². The van der Waals surface area contributed by atoms with E-state index in [4.69, 9.17) is 5.26 Å². The Morgan fingerprint density at radius 2 is 1.92 bits per heavy atom. The predicted molar refractivity (Wildman–Crippen MR) is 98.7 cm³/mol. The number of benzene rings is 1. The molecule has 0 saturated heterocycles. The topological polar surface area (TPSA) is 87.0 Å². The molecule has 1 aromatic heterocycles. The van der Waals surface area contributed by atoms with Gasteiger partial charge in [-0.25, -0.2) is 8.42 Å². The van der Waals surface area contributed by atoms with E-state index in [1.54, 1.807) is 24.3 Å². The molecule has 1 amide bonds. The van der Waals surface area contributed by atoms with Crippen molar-refractivity contribution >= 4 is 27.1 Å². The normalized spacial score (nSPS) is 12.6. The van der Waals surface area contributed by atoms with E-state index in [-0.39, 0.29) is 17.7 Å². The summed E-state index contributed by atoms with van der Waals surface area (Å²) in [6.45, 7) is 3.96. The van der Waals surface area contributed by atoms with Gasteiger partial charge in [0.15, 0.2) is 9.84 Å². The van der Waals surface area contributed by atoms with Crippen molar-refractivity contribution in [3.63, 3.8) is 0 Å². The summed E-state index contributed by atoms with van der Waals surface area (Å²) in [4.78, 5) is 13.2. The predicted octanol–water partition coefficient (Wildman–Crippen LogP) is 3.05. The van der Waals surface area contributed by atoms with Crippen LogP contribution in [0.3, 0.4) is 0 Å². The van der Waals surface area contributed by atoms with Crippen molar-refractivity contribution in [2.75, 3.05) is 5.75 Å². The number of nitriles is 1. The maximum atomic E-state index is 12.3. The molecule has 0 saturated carbocycles. The first-order valence-corrected chi connectivity index (χ1v) is 10.5. The molecule has 25 heavy (non-hydrogen) atoms. The van der Waals surface area contributed by atoms with E-state index in [9.17, 15) is 13.2 Å². The van der Waals surface area contributed by atoms with Gasteiger partial charge < -0.3 is 5.32 Å². The van der Waals surface area contributed by atoms with Crippen LogP contribution in [0, 0.1) is 17.2 Å². The van der Waals surface area contributed by atoms with Gasteiger partial charge in [0.25, 0.3) is 0 Å². The molecule has 0 aliphatic carbocycles. The number of amides is 1. The molecule has 1 heterocycles. The van der Waals surface area contributed by atoms with Gasteiger partial charge >= 0.3 is 0 Å². The number of thiophene rings is 1. The van der Waals surface area contributed by atoms with Crippen LogP contribution >= 0.6 is 11.3 Å². The summed E-state index contributed by atoms with van der Waals surface area (Å²) in [5.41, 5.74) is 1.03. The van der Waals surface area contributed by atoms with Gasteiger partial charge in [0.2, 0.25) is 5.91 Å². The van der Waals surface area contributed by atoms with Gasteiger partial charge in [0.1, 0.15) is 5.75 Å². The van der Waals surface area contributed by atoms with Crippen molar-refractivity contribution in [2.45, 2.75) is 25.6 Å². The first kappa shape index (κ1) is 19.2. The van der Waals surface area contributed by atoms with Crippen molar-refractivity contribution in [2.24, 2.45) is 5.92 Å². The molecular formula is C18H20N2O3S2. The lowest BCUT2D eigenvalue weighted by Crippen LogP contribution is -2.35. The highest BCUT2D eigenvalue weighted by Crippen LogP contribution is 2.25. The van der Waals surface area contributed by atoms with E-state index < -0.39 is 21.5 Å². The minimum Gasteiger partial charge on any atom is -0.347 e. The summed E-state index contributed by atoms with van der Waals surface area (Å²) in [6, 6.07) is 11.9. The second-order valence-electron chi connectivity index (χ2n) is 6.15. The van der Waals surface area contributed by atoms with Crippen molar-refractivity contribution in [1.29, 1.82) is 5.26 Å². The Labute approximate surface area is 152 Å². The molecule has 0 bridgehead atoms. The molecule has 0 radical (unpaired) electrons. The molecule has 7 heteroatoms. The molecule has 1 N–H and O–H groups in total. The zero-order valence-electron chi connectivity index (χ0n) is 14.1. The lowest BCUT2D eigenvalue weighted by atomic mass is 10.0. The highest BCUT2D eigenvalue weighted by molar-refractivity contribution is 7.91. The van der Waals surface area contributed by atoms with Gasteiger partial charge in [-0.2, -0.15) is 5.26 Å². The molecule has 2 rings (SSSR count). The summed E-state index contributed by atoms with van der Waals surface area (Å²) >= 11 is 1.53. The number of sulfone groups is 1. The van der Waals surface area contributed by atoms with Crippen LogP contribution in [0.25, 0.3) is 0 Å². The van der Waals surface area contributed by atoms with Crippen LogP contribution in [0.1, 0.15) is 35.9 Å². The first-order chi connectivity index (χ1) is 11.8. The third kappa shape index (κ3) is 5.69. The third-order valence-electron chi connectivity index (χ3n) is 3.65. The molecule has 0 unspecified atom stereocenters. The van der Waals surface area contributed by atoms with Gasteiger partial charge in [-0.3, -0.25) is 4.79 Å². The van der Waals surface area contributed by atoms with E-state index in [1.807, 2.05) is 37.4 Å². The highest BCUT2D eigenvalue weighted by atomic mass is 32.2. The van der Waals surface area contributed by atoms with Crippen LogP contribution in [-0.4, -0.2) is 20.1 Å². The van der Waals surface area contributed by atoms with Gasteiger partial charge in [-0.15, -0.1) is 11.3 Å². The monoisotopic (exact) mass is 376 g/mol. The molecule has 1 atom stereocenters. The van der Waals surface area contributed by atoms with Crippen LogP contribution in [0.2, 0.25) is 0 Å². The summed E-state index contributed by atoms with van der Waals surface area (Å²) in [6.07, 6.45) is 0. The van der Waals surface area contributed by atoms with Crippen molar-refractivity contribution < 1.29 is 13.2 Å². The number of hydrogen-bond acceptors (Lipinski definition) is 5. The Hall–Kier alpha value is -2.17. The summed E-state index contributed by atoms with van der Waals surface area (Å²) in [5, 5.41) is 13.5. The number of nitrogens with zero attached hydrogens (tertiary/aromatic N) is 1. The van der Waals surface area contributed by atoms with E-state index in [0.29, 0.717) is 11.1 Å². The third-order valence-corrected chi connectivity index (χ3v) is 6.08. The molecule has 5 nitrogen and oxygen atoms in total. The Morgan fingerprint density at radius 1 is 1.24 bits per heavy atom. The number of carbonyl (C=O) groups is 1. The molecule has 0 aliphatic rings. The van der Waals surface area contributed by atoms with E-state index in [1.165, 1.54) is 11.3 Å². The molecule has 0 fully saturated rings. The molecule has 0 spiro atoms. The largest absolute Gasteiger partial charge is 0.347 e. The summed E-state index contributed by atoms with van der Waals surface area (Å²) < 4.78 is 24.6. The van der Waals surface area contributed by atoms with Crippen molar-refractivity contribution in [3.05, 3.63) is 57.8 Å². The molecule has 132 valence electrons.